The van der Waals surface area contributed by atoms with Gasteiger partial charge in [-0.3, -0.25) is 4.79 Å². The van der Waals surface area contributed by atoms with Crippen molar-refractivity contribution in [3.63, 3.8) is 0 Å². The van der Waals surface area contributed by atoms with E-state index in [1.165, 1.54) is 19.3 Å². The molecule has 3 aromatic heterocycles. The maximum atomic E-state index is 13.8. The lowest BCUT2D eigenvalue weighted by molar-refractivity contribution is -0.0574. The molecule has 2 unspecified atom stereocenters. The van der Waals surface area contributed by atoms with Crippen LogP contribution in [0.25, 0.3) is 33.6 Å². The number of likely N-dealkylation sites (tertiary alicyclic amines) is 1. The number of hydrogen-bond acceptors (Lipinski definition) is 5. The van der Waals surface area contributed by atoms with E-state index in [4.69, 9.17) is 14.7 Å². The number of nitrogens with zero attached hydrogens (tertiary/aromatic N) is 5. The number of ether oxygens (including phenoxy) is 1. The summed E-state index contributed by atoms with van der Waals surface area (Å²) in [6.07, 6.45) is 5.63. The van der Waals surface area contributed by atoms with Gasteiger partial charge in [0.1, 0.15) is 16.9 Å². The lowest BCUT2D eigenvalue weighted by Crippen LogP contribution is -2.69. The molecule has 1 saturated heterocycles. The second kappa shape index (κ2) is 7.57. The minimum absolute atomic E-state index is 0.0950. The number of nitrogens with one attached hydrogen (secondary N) is 1. The highest BCUT2D eigenvalue weighted by molar-refractivity contribution is 6.00. The Morgan fingerprint density at radius 2 is 2.11 bits per heavy atom. The van der Waals surface area contributed by atoms with Crippen LogP contribution in [0.3, 0.4) is 0 Å². The van der Waals surface area contributed by atoms with E-state index in [0.29, 0.717) is 41.2 Å². The number of methoxy groups -OCH3 is 1. The highest BCUT2D eigenvalue weighted by Gasteiger charge is 2.67. The molecule has 8 nitrogen and oxygen atoms in total. The lowest BCUT2D eigenvalue weighted by Gasteiger charge is -2.59. The molecule has 1 amide bonds. The molecule has 4 fully saturated rings. The van der Waals surface area contributed by atoms with E-state index in [1.807, 2.05) is 38.5 Å². The maximum Gasteiger partial charge on any atom is 0.254 e. The predicted molar refractivity (Wildman–Crippen MR) is 141 cm³/mol. The Labute approximate surface area is 215 Å². The number of likely N-dealkylation sites (N-methyl/N-ethyl adjacent to an activating group) is 1. The summed E-state index contributed by atoms with van der Waals surface area (Å²) in [5.74, 6) is 4.43. The molecular weight excluding hydrogens is 464 g/mol. The molecule has 1 N–H and O–H groups in total. The number of pyridine rings is 1. The van der Waals surface area contributed by atoms with Gasteiger partial charge in [0, 0.05) is 43.3 Å². The van der Waals surface area contributed by atoms with Crippen molar-refractivity contribution < 1.29 is 9.53 Å². The van der Waals surface area contributed by atoms with Gasteiger partial charge in [-0.2, -0.15) is 0 Å². The van der Waals surface area contributed by atoms with Gasteiger partial charge in [-0.1, -0.05) is 0 Å². The molecule has 3 aliphatic carbocycles. The number of fused-ring (bicyclic) bond motifs is 2. The first-order valence-corrected chi connectivity index (χ1v) is 13.5. The summed E-state index contributed by atoms with van der Waals surface area (Å²) < 4.78 is 10.3. The Hall–Kier alpha value is -3.39. The second-order valence-electron chi connectivity index (χ2n) is 11.5. The van der Waals surface area contributed by atoms with Gasteiger partial charge >= 0.3 is 0 Å². The smallest absolute Gasteiger partial charge is 0.254 e. The zero-order chi connectivity index (χ0) is 25.0. The van der Waals surface area contributed by atoms with Crippen molar-refractivity contribution in [1.82, 2.24) is 29.3 Å². The summed E-state index contributed by atoms with van der Waals surface area (Å²) in [5.41, 5.74) is 4.41. The van der Waals surface area contributed by atoms with E-state index in [-0.39, 0.29) is 5.91 Å². The first kappa shape index (κ1) is 21.7. The van der Waals surface area contributed by atoms with Gasteiger partial charge in [0.15, 0.2) is 5.82 Å². The lowest BCUT2D eigenvalue weighted by atomic mass is 9.50. The molecule has 8 heteroatoms. The molecule has 0 spiro atoms. The maximum absolute atomic E-state index is 13.8. The SMILES string of the molecule is CNC1C2C[C@@H]3CN(C(=O)c4cc(OC)c5c(c4)nc(-c4cc6cccnc6n4CC4CC4)n5C)[C@H]1[C@H]23. The van der Waals surface area contributed by atoms with Crippen LogP contribution in [0.2, 0.25) is 0 Å². The normalized spacial score (nSPS) is 27.9. The van der Waals surface area contributed by atoms with Crippen LogP contribution in [0.5, 0.6) is 5.75 Å². The molecular formula is C29H32N6O2. The Morgan fingerprint density at radius 1 is 1.24 bits per heavy atom. The molecule has 4 aromatic rings. The number of hydrogen-bond donors (Lipinski definition) is 1. The van der Waals surface area contributed by atoms with Crippen LogP contribution in [0.15, 0.2) is 36.5 Å². The Bertz CT molecular complexity index is 1580. The molecule has 37 heavy (non-hydrogen) atoms. The van der Waals surface area contributed by atoms with E-state index < -0.39 is 0 Å². The quantitative estimate of drug-likeness (QED) is 0.441. The highest BCUT2D eigenvalue weighted by Crippen LogP contribution is 2.60. The van der Waals surface area contributed by atoms with Crippen molar-refractivity contribution >= 4 is 28.0 Å². The van der Waals surface area contributed by atoms with Crippen molar-refractivity contribution in [1.29, 1.82) is 0 Å². The molecule has 1 aliphatic heterocycles. The fourth-order valence-corrected chi connectivity index (χ4v) is 7.66. The number of aromatic nitrogens is 4. The molecule has 3 saturated carbocycles. The topological polar surface area (TPSA) is 77.2 Å². The van der Waals surface area contributed by atoms with E-state index in [2.05, 4.69) is 31.5 Å². The molecule has 0 bridgehead atoms. The minimum Gasteiger partial charge on any atom is -0.494 e. The van der Waals surface area contributed by atoms with Crippen LogP contribution in [0, 0.1) is 23.7 Å². The van der Waals surface area contributed by atoms with Crippen molar-refractivity contribution in [2.45, 2.75) is 37.9 Å². The van der Waals surface area contributed by atoms with Crippen LogP contribution >= 0.6 is 0 Å². The van der Waals surface area contributed by atoms with Crippen LogP contribution < -0.4 is 10.1 Å². The predicted octanol–water partition coefficient (Wildman–Crippen LogP) is 3.69. The summed E-state index contributed by atoms with van der Waals surface area (Å²) in [5, 5.41) is 4.59. The molecule has 0 radical (unpaired) electrons. The largest absolute Gasteiger partial charge is 0.494 e. The third-order valence-electron chi connectivity index (χ3n) is 9.65. The number of benzene rings is 1. The van der Waals surface area contributed by atoms with Crippen LogP contribution in [0.1, 0.15) is 29.6 Å². The summed E-state index contributed by atoms with van der Waals surface area (Å²) in [6, 6.07) is 10.9. The Morgan fingerprint density at radius 3 is 2.89 bits per heavy atom. The molecule has 5 atom stereocenters. The highest BCUT2D eigenvalue weighted by atomic mass is 16.5. The number of rotatable bonds is 6. The van der Waals surface area contributed by atoms with E-state index in [9.17, 15) is 4.79 Å². The third kappa shape index (κ3) is 2.90. The van der Waals surface area contributed by atoms with Crippen LogP contribution in [-0.2, 0) is 13.6 Å². The average Bonchev–Trinajstić information content (AvgIpc) is 3.55. The number of aryl methyl sites for hydroxylation is 1. The summed E-state index contributed by atoms with van der Waals surface area (Å²) in [7, 11) is 5.73. The standard InChI is InChI=1S/C29H32N6O2/c1-30-24-19-9-18-14-35(26(24)23(18)19)29(36)17-10-20-25(22(12-17)37-3)33(2)28(32-20)21-11-16-5-4-8-31-27(16)34(21)13-15-6-7-15/h4-5,8,10-12,15,18-19,23-24,26,30H,6-7,9,13-14H2,1-3H3/t18-,19?,23+,24?,26+/m1/s1. The van der Waals surface area contributed by atoms with Crippen LogP contribution in [-0.4, -0.2) is 62.7 Å². The monoisotopic (exact) mass is 496 g/mol. The van der Waals surface area contributed by atoms with Gasteiger partial charge in [-0.25, -0.2) is 9.97 Å². The fraction of sp³-hybridized carbons (Fsp3) is 0.483. The summed E-state index contributed by atoms with van der Waals surface area (Å²) in [6.45, 7) is 1.82. The number of imidazole rings is 1. The van der Waals surface area contributed by atoms with Gasteiger partial charge in [0.25, 0.3) is 5.91 Å². The van der Waals surface area contributed by atoms with Gasteiger partial charge in [-0.05, 0) is 80.3 Å². The third-order valence-corrected chi connectivity index (χ3v) is 9.65. The Kier molecular flexibility index (Phi) is 4.43. The minimum atomic E-state index is 0.0950. The average molecular weight is 497 g/mol. The van der Waals surface area contributed by atoms with Crippen molar-refractivity contribution in [2.75, 3.05) is 20.7 Å². The van der Waals surface area contributed by atoms with Gasteiger partial charge in [0.2, 0.25) is 0 Å². The van der Waals surface area contributed by atoms with E-state index in [1.54, 1.807) is 7.11 Å². The van der Waals surface area contributed by atoms with Crippen molar-refractivity contribution in [3.05, 3.63) is 42.1 Å². The molecule has 1 aromatic carbocycles. The van der Waals surface area contributed by atoms with E-state index in [0.717, 1.165) is 52.6 Å². The molecule has 190 valence electrons. The first-order chi connectivity index (χ1) is 18.1. The van der Waals surface area contributed by atoms with Gasteiger partial charge in [0.05, 0.1) is 24.4 Å². The first-order valence-electron chi connectivity index (χ1n) is 13.5. The molecule has 8 rings (SSSR count). The second-order valence-corrected chi connectivity index (χ2v) is 11.5. The van der Waals surface area contributed by atoms with Crippen molar-refractivity contribution in [2.24, 2.45) is 30.7 Å². The number of carbonyl (C=O) groups excluding carboxylic acids is 1. The number of amides is 1. The zero-order valence-corrected chi connectivity index (χ0v) is 21.5. The zero-order valence-electron chi connectivity index (χ0n) is 21.5. The van der Waals surface area contributed by atoms with E-state index >= 15 is 0 Å². The van der Waals surface area contributed by atoms with Crippen LogP contribution in [0.4, 0.5) is 0 Å². The Balaban J connectivity index is 1.23. The fourth-order valence-electron chi connectivity index (χ4n) is 7.66. The van der Waals surface area contributed by atoms with Gasteiger partial charge in [-0.15, -0.1) is 0 Å². The van der Waals surface area contributed by atoms with Gasteiger partial charge < -0.3 is 24.1 Å². The summed E-state index contributed by atoms with van der Waals surface area (Å²) >= 11 is 0. The van der Waals surface area contributed by atoms with Crippen molar-refractivity contribution in [3.8, 4) is 17.3 Å². The molecule has 4 aliphatic rings. The number of carbonyl (C=O) groups is 1. The molecule has 4 heterocycles. The summed E-state index contributed by atoms with van der Waals surface area (Å²) in [4.78, 5) is 25.7.